The molecular formula is C14H9NO2. The Morgan fingerprint density at radius 1 is 0.882 bits per heavy atom. The van der Waals surface area contributed by atoms with Gasteiger partial charge in [-0.3, -0.25) is 9.59 Å². The number of hydrogen-bond donors (Lipinski definition) is 1. The van der Waals surface area contributed by atoms with E-state index in [0.29, 0.717) is 10.8 Å². The Balaban J connectivity index is 2.70. The molecule has 82 valence electrons. The third-order valence-electron chi connectivity index (χ3n) is 2.83. The first-order valence-corrected chi connectivity index (χ1v) is 5.30. The van der Waals surface area contributed by atoms with Crippen molar-refractivity contribution in [2.45, 2.75) is 0 Å². The van der Waals surface area contributed by atoms with E-state index in [9.17, 15) is 9.59 Å². The van der Waals surface area contributed by atoms with Gasteiger partial charge in [0, 0.05) is 22.5 Å². The number of hydrogen-bond acceptors (Lipinski definition) is 2. The fourth-order valence-electron chi connectivity index (χ4n) is 1.98. The lowest BCUT2D eigenvalue weighted by atomic mass is 10.1. The second-order valence-electron chi connectivity index (χ2n) is 3.91. The molecule has 0 aliphatic carbocycles. The largest absolute Gasteiger partial charge is 0.361 e. The highest BCUT2D eigenvalue weighted by Crippen LogP contribution is 2.11. The van der Waals surface area contributed by atoms with Crippen molar-refractivity contribution in [1.82, 2.24) is 4.98 Å². The molecule has 0 saturated carbocycles. The summed E-state index contributed by atoms with van der Waals surface area (Å²) < 4.78 is 0. The molecule has 1 N–H and O–H groups in total. The number of nitrogens with one attached hydrogen (secondary N) is 1. The van der Waals surface area contributed by atoms with E-state index in [4.69, 9.17) is 0 Å². The molecule has 1 aromatic heterocycles. The number of aromatic amines is 1. The molecule has 3 nitrogen and oxygen atoms in total. The number of H-pyrrole nitrogens is 1. The molecule has 17 heavy (non-hydrogen) atoms. The van der Waals surface area contributed by atoms with Crippen LogP contribution in [0.2, 0.25) is 0 Å². The lowest BCUT2D eigenvalue weighted by Gasteiger charge is -1.90. The van der Waals surface area contributed by atoms with E-state index in [-0.39, 0.29) is 10.9 Å². The molecule has 0 aliphatic rings. The van der Waals surface area contributed by atoms with Crippen molar-refractivity contribution in [3.05, 3.63) is 69.1 Å². The molecule has 3 rings (SSSR count). The Labute approximate surface area is 96.3 Å². The first-order chi connectivity index (χ1) is 8.25. The van der Waals surface area contributed by atoms with E-state index in [2.05, 4.69) is 4.98 Å². The SMILES string of the molecule is O=c1ccc2ccc3[nH]cccc3c(=O)c2c1. The molecule has 0 aliphatic heterocycles. The maximum Gasteiger partial charge on any atom is 0.195 e. The van der Waals surface area contributed by atoms with Gasteiger partial charge in [-0.2, -0.15) is 0 Å². The highest BCUT2D eigenvalue weighted by molar-refractivity contribution is 5.91. The average molecular weight is 223 g/mol. The number of benzene rings is 1. The van der Waals surface area contributed by atoms with Gasteiger partial charge in [0.15, 0.2) is 10.9 Å². The molecule has 3 aromatic rings. The summed E-state index contributed by atoms with van der Waals surface area (Å²) >= 11 is 0. The smallest absolute Gasteiger partial charge is 0.195 e. The van der Waals surface area contributed by atoms with Gasteiger partial charge in [-0.15, -0.1) is 0 Å². The normalized spacial score (nSPS) is 10.8. The molecule has 0 saturated heterocycles. The maximum absolute atomic E-state index is 12.3. The molecule has 0 atom stereocenters. The van der Waals surface area contributed by atoms with Crippen molar-refractivity contribution < 1.29 is 0 Å². The summed E-state index contributed by atoms with van der Waals surface area (Å²) in [4.78, 5) is 26.6. The highest BCUT2D eigenvalue weighted by Gasteiger charge is 2.02. The Hall–Kier alpha value is -2.42. The second kappa shape index (κ2) is 3.56. The van der Waals surface area contributed by atoms with Crippen LogP contribution in [0.3, 0.4) is 0 Å². The maximum atomic E-state index is 12.3. The summed E-state index contributed by atoms with van der Waals surface area (Å²) in [5.41, 5.74) is 0.504. The van der Waals surface area contributed by atoms with E-state index in [0.717, 1.165) is 10.9 Å². The predicted octanol–water partition coefficient (Wildman–Crippen LogP) is 2.04. The zero-order valence-corrected chi connectivity index (χ0v) is 8.94. The van der Waals surface area contributed by atoms with E-state index < -0.39 is 0 Å². The van der Waals surface area contributed by atoms with Gasteiger partial charge in [-0.05, 0) is 35.7 Å². The van der Waals surface area contributed by atoms with Gasteiger partial charge in [-0.1, -0.05) is 12.1 Å². The molecule has 3 heteroatoms. The first-order valence-electron chi connectivity index (χ1n) is 5.30. The first kappa shape index (κ1) is 9.78. The minimum Gasteiger partial charge on any atom is -0.361 e. The minimum atomic E-state index is -0.145. The van der Waals surface area contributed by atoms with E-state index in [1.807, 2.05) is 12.1 Å². The van der Waals surface area contributed by atoms with Crippen LogP contribution in [0.25, 0.3) is 21.7 Å². The second-order valence-corrected chi connectivity index (χ2v) is 3.91. The quantitative estimate of drug-likeness (QED) is 0.634. The summed E-state index contributed by atoms with van der Waals surface area (Å²) in [7, 11) is 0. The lowest BCUT2D eigenvalue weighted by molar-refractivity contribution is 1.42. The van der Waals surface area contributed by atoms with Gasteiger partial charge in [0.2, 0.25) is 0 Å². The zero-order chi connectivity index (χ0) is 11.8. The van der Waals surface area contributed by atoms with Crippen LogP contribution in [0.5, 0.6) is 0 Å². The number of pyridine rings is 1. The van der Waals surface area contributed by atoms with Crippen LogP contribution in [0, 0.1) is 0 Å². The third kappa shape index (κ3) is 1.52. The van der Waals surface area contributed by atoms with Crippen molar-refractivity contribution in [3.8, 4) is 0 Å². The van der Waals surface area contributed by atoms with Crippen LogP contribution in [0.4, 0.5) is 0 Å². The van der Waals surface area contributed by atoms with Crippen molar-refractivity contribution in [3.63, 3.8) is 0 Å². The van der Waals surface area contributed by atoms with Crippen molar-refractivity contribution >= 4 is 21.7 Å². The fourth-order valence-corrected chi connectivity index (χ4v) is 1.98. The van der Waals surface area contributed by atoms with E-state index in [1.54, 1.807) is 24.4 Å². The minimum absolute atomic E-state index is 0.116. The Bertz CT molecular complexity index is 834. The van der Waals surface area contributed by atoms with Crippen LogP contribution < -0.4 is 10.9 Å². The van der Waals surface area contributed by atoms with Gasteiger partial charge in [0.05, 0.1) is 0 Å². The molecule has 0 spiro atoms. The van der Waals surface area contributed by atoms with E-state index >= 15 is 0 Å². The molecule has 1 heterocycles. The van der Waals surface area contributed by atoms with Crippen molar-refractivity contribution in [2.75, 3.05) is 0 Å². The number of aromatic nitrogens is 1. The molecule has 0 fully saturated rings. The summed E-state index contributed by atoms with van der Waals surface area (Å²) in [5.74, 6) is 0. The van der Waals surface area contributed by atoms with Gasteiger partial charge < -0.3 is 4.98 Å². The standard InChI is InChI=1S/C14H9NO2/c16-10-5-3-9-4-6-13-11(2-1-7-15-13)14(17)12(9)8-10/h1-8,15H. The fraction of sp³-hybridized carbons (Fsp3) is 0. The molecule has 0 bridgehead atoms. The molecule has 0 unspecified atom stereocenters. The van der Waals surface area contributed by atoms with Gasteiger partial charge in [-0.25, -0.2) is 0 Å². The van der Waals surface area contributed by atoms with Crippen molar-refractivity contribution in [1.29, 1.82) is 0 Å². The van der Waals surface area contributed by atoms with Crippen LogP contribution in [0.1, 0.15) is 0 Å². The number of rotatable bonds is 0. The third-order valence-corrected chi connectivity index (χ3v) is 2.83. The summed E-state index contributed by atoms with van der Waals surface area (Å²) in [5, 5.41) is 1.83. The summed E-state index contributed by atoms with van der Waals surface area (Å²) in [6.07, 6.45) is 1.77. The summed E-state index contributed by atoms with van der Waals surface area (Å²) in [6, 6.07) is 11.8. The Morgan fingerprint density at radius 3 is 2.59 bits per heavy atom. The van der Waals surface area contributed by atoms with Crippen LogP contribution in [0.15, 0.2) is 58.3 Å². The molecule has 0 radical (unpaired) electrons. The van der Waals surface area contributed by atoms with Gasteiger partial charge in [0.25, 0.3) is 0 Å². The van der Waals surface area contributed by atoms with Crippen LogP contribution >= 0.6 is 0 Å². The molecule has 0 amide bonds. The van der Waals surface area contributed by atoms with Gasteiger partial charge in [0.1, 0.15) is 0 Å². The lowest BCUT2D eigenvalue weighted by Crippen LogP contribution is -2.03. The topological polar surface area (TPSA) is 49.9 Å². The Morgan fingerprint density at radius 2 is 1.71 bits per heavy atom. The van der Waals surface area contributed by atoms with Crippen LogP contribution in [-0.4, -0.2) is 4.98 Å². The zero-order valence-electron chi connectivity index (χ0n) is 8.94. The molecule has 2 aromatic carbocycles. The van der Waals surface area contributed by atoms with E-state index in [1.165, 1.54) is 12.1 Å². The Kier molecular flexibility index (Phi) is 2.05. The summed E-state index contributed by atoms with van der Waals surface area (Å²) in [6.45, 7) is 0. The van der Waals surface area contributed by atoms with Crippen LogP contribution in [-0.2, 0) is 0 Å². The van der Waals surface area contributed by atoms with Gasteiger partial charge >= 0.3 is 0 Å². The molecular weight excluding hydrogens is 214 g/mol. The monoisotopic (exact) mass is 223 g/mol. The van der Waals surface area contributed by atoms with Crippen molar-refractivity contribution in [2.24, 2.45) is 0 Å². The number of fused-ring (bicyclic) bond motifs is 2. The highest BCUT2D eigenvalue weighted by atomic mass is 16.1. The average Bonchev–Trinajstić information content (AvgIpc) is 2.49. The predicted molar refractivity (Wildman–Crippen MR) is 68.3 cm³/mol.